The average molecular weight is 525 g/mol. The van der Waals surface area contributed by atoms with E-state index in [1.807, 2.05) is 74.5 Å². The molecule has 39 heavy (non-hydrogen) atoms. The van der Waals surface area contributed by atoms with Crippen LogP contribution in [0.2, 0.25) is 0 Å². The first-order valence-electron chi connectivity index (χ1n) is 13.2. The summed E-state index contributed by atoms with van der Waals surface area (Å²) in [5.41, 5.74) is 5.11. The highest BCUT2D eigenvalue weighted by molar-refractivity contribution is 6.06. The van der Waals surface area contributed by atoms with Crippen LogP contribution in [0, 0.1) is 6.92 Å². The number of nitrogens with zero attached hydrogens (tertiary/aromatic N) is 5. The Hall–Kier alpha value is -4.39. The number of rotatable bonds is 14. The maximum absolute atomic E-state index is 12.9. The number of hydrazone groups is 1. The van der Waals surface area contributed by atoms with Gasteiger partial charge in [0.25, 0.3) is 5.91 Å². The minimum Gasteiger partial charge on any atom is -0.310 e. The normalized spacial score (nSPS) is 12.7. The largest absolute Gasteiger partial charge is 0.310 e. The number of aliphatic imine (C=N–C) groups is 1. The topological polar surface area (TPSA) is 81.8 Å². The number of benzene rings is 2. The van der Waals surface area contributed by atoms with Crippen LogP contribution in [0.4, 0.5) is 5.69 Å². The number of hydrogen-bond acceptors (Lipinski definition) is 6. The van der Waals surface area contributed by atoms with Gasteiger partial charge >= 0.3 is 0 Å². The lowest BCUT2D eigenvalue weighted by atomic mass is 10.1. The summed E-state index contributed by atoms with van der Waals surface area (Å²) in [5.74, 6) is 0.311. The van der Waals surface area contributed by atoms with Crippen molar-refractivity contribution in [2.75, 3.05) is 6.54 Å². The van der Waals surface area contributed by atoms with Gasteiger partial charge in [-0.2, -0.15) is 15.3 Å². The molecule has 7 heteroatoms. The van der Waals surface area contributed by atoms with E-state index in [0.29, 0.717) is 37.3 Å². The quantitative estimate of drug-likeness (QED) is 0.0891. The van der Waals surface area contributed by atoms with Crippen LogP contribution in [0.5, 0.6) is 0 Å². The highest BCUT2D eigenvalue weighted by Gasteiger charge is 2.11. The summed E-state index contributed by atoms with van der Waals surface area (Å²) in [6.45, 7) is 16.8. The second kappa shape index (κ2) is 17.2. The zero-order valence-electron chi connectivity index (χ0n) is 23.6. The molecule has 204 valence electrons. The maximum atomic E-state index is 12.9. The Balaban J connectivity index is 2.25. The van der Waals surface area contributed by atoms with Crippen molar-refractivity contribution in [1.29, 1.82) is 0 Å². The molecule has 0 aromatic heterocycles. The predicted octanol–water partition coefficient (Wildman–Crippen LogP) is 8.06. The molecule has 2 rings (SSSR count). The Morgan fingerprint density at radius 1 is 1.10 bits per heavy atom. The van der Waals surface area contributed by atoms with E-state index in [1.54, 1.807) is 30.4 Å². The second-order valence-electron chi connectivity index (χ2n) is 8.87. The van der Waals surface area contributed by atoms with Crippen molar-refractivity contribution in [2.45, 2.75) is 53.5 Å². The maximum Gasteiger partial charge on any atom is 0.256 e. The summed E-state index contributed by atoms with van der Waals surface area (Å²) in [6, 6.07) is 15.3. The van der Waals surface area contributed by atoms with E-state index in [4.69, 9.17) is 5.10 Å². The zero-order valence-corrected chi connectivity index (χ0v) is 23.6. The highest BCUT2D eigenvalue weighted by Crippen LogP contribution is 2.18. The van der Waals surface area contributed by atoms with Gasteiger partial charge in [-0.05, 0) is 68.5 Å². The molecule has 0 heterocycles. The zero-order chi connectivity index (χ0) is 28.5. The third-order valence-electron chi connectivity index (χ3n) is 5.59. The Kier molecular flexibility index (Phi) is 13.6. The first-order chi connectivity index (χ1) is 18.9. The number of carbonyl (C=O) groups is 1. The van der Waals surface area contributed by atoms with Crippen molar-refractivity contribution in [3.05, 3.63) is 115 Å². The summed E-state index contributed by atoms with van der Waals surface area (Å²) in [6.07, 6.45) is 11.5. The smallest absolute Gasteiger partial charge is 0.256 e. The Bertz CT molecular complexity index is 1270. The van der Waals surface area contributed by atoms with Gasteiger partial charge in [-0.15, -0.1) is 6.58 Å². The number of amidine groups is 1. The van der Waals surface area contributed by atoms with Crippen LogP contribution in [0.25, 0.3) is 0 Å². The fourth-order valence-electron chi connectivity index (χ4n) is 3.56. The second-order valence-corrected chi connectivity index (χ2v) is 8.87. The van der Waals surface area contributed by atoms with Crippen molar-refractivity contribution in [3.63, 3.8) is 0 Å². The number of hydrogen-bond donors (Lipinski definition) is 1. The summed E-state index contributed by atoms with van der Waals surface area (Å²) in [5, 5.41) is 17.9. The van der Waals surface area contributed by atoms with Crippen molar-refractivity contribution >= 4 is 23.1 Å². The lowest BCUT2D eigenvalue weighted by molar-refractivity contribution is 0.0976. The molecule has 0 unspecified atom stereocenters. The van der Waals surface area contributed by atoms with Gasteiger partial charge in [0.05, 0.1) is 30.7 Å². The number of aryl methyl sites for hydroxylation is 1. The van der Waals surface area contributed by atoms with Gasteiger partial charge in [0, 0.05) is 18.2 Å². The number of amides is 1. The number of nitrogens with one attached hydrogen (secondary N) is 1. The van der Waals surface area contributed by atoms with Gasteiger partial charge in [-0.3, -0.25) is 9.80 Å². The van der Waals surface area contributed by atoms with Crippen molar-refractivity contribution in [2.24, 2.45) is 20.3 Å². The number of allylic oxidation sites excluding steroid dienone is 4. The van der Waals surface area contributed by atoms with Gasteiger partial charge in [0.1, 0.15) is 5.84 Å². The van der Waals surface area contributed by atoms with E-state index in [2.05, 4.69) is 40.6 Å². The molecule has 2 aromatic rings. The molecule has 0 spiro atoms. The van der Waals surface area contributed by atoms with E-state index >= 15 is 0 Å². The van der Waals surface area contributed by atoms with Gasteiger partial charge < -0.3 is 5.32 Å². The van der Waals surface area contributed by atoms with Crippen LogP contribution in [-0.2, 0) is 6.54 Å². The number of carbonyl (C=O) groups excluding carboxylic acids is 1. The predicted molar refractivity (Wildman–Crippen MR) is 163 cm³/mol. The Morgan fingerprint density at radius 3 is 2.59 bits per heavy atom. The SMILES string of the molecule is C=CCC(=C\N=N/CCC)/C(C/C=C\C)=N/N(C=C)Cc1cccc(C(=O)N/C(C)=N/c2ccccc2C)c1. The van der Waals surface area contributed by atoms with Crippen LogP contribution in [-0.4, -0.2) is 29.0 Å². The molecule has 0 aliphatic heterocycles. The lowest BCUT2D eigenvalue weighted by Crippen LogP contribution is -2.28. The Labute approximate surface area is 233 Å². The highest BCUT2D eigenvalue weighted by atomic mass is 16.1. The van der Waals surface area contributed by atoms with E-state index in [1.165, 1.54) is 0 Å². The molecule has 0 aliphatic rings. The molecule has 0 radical (unpaired) electrons. The van der Waals surface area contributed by atoms with E-state index in [-0.39, 0.29) is 5.91 Å². The summed E-state index contributed by atoms with van der Waals surface area (Å²) >= 11 is 0. The van der Waals surface area contributed by atoms with Gasteiger partial charge in [-0.25, -0.2) is 4.99 Å². The van der Waals surface area contributed by atoms with Crippen LogP contribution in [0.15, 0.2) is 118 Å². The molecular formula is C32H40N6O. The van der Waals surface area contributed by atoms with Crippen molar-refractivity contribution in [1.82, 2.24) is 10.3 Å². The number of para-hydroxylation sites is 1. The third kappa shape index (κ3) is 10.9. The molecule has 0 saturated heterocycles. The molecule has 0 bridgehead atoms. The first-order valence-corrected chi connectivity index (χ1v) is 13.2. The minimum absolute atomic E-state index is 0.220. The summed E-state index contributed by atoms with van der Waals surface area (Å²) in [4.78, 5) is 17.5. The molecule has 1 amide bonds. The van der Waals surface area contributed by atoms with Crippen molar-refractivity contribution < 1.29 is 4.79 Å². The minimum atomic E-state index is -0.220. The first kappa shape index (κ1) is 30.8. The van der Waals surface area contributed by atoms with Crippen LogP contribution >= 0.6 is 0 Å². The fourth-order valence-corrected chi connectivity index (χ4v) is 3.56. The van der Waals surface area contributed by atoms with Crippen molar-refractivity contribution in [3.8, 4) is 0 Å². The summed E-state index contributed by atoms with van der Waals surface area (Å²) in [7, 11) is 0. The summed E-state index contributed by atoms with van der Waals surface area (Å²) < 4.78 is 0. The molecule has 0 aliphatic carbocycles. The van der Waals surface area contributed by atoms with Crippen LogP contribution in [0.3, 0.4) is 0 Å². The van der Waals surface area contributed by atoms with Crippen LogP contribution in [0.1, 0.15) is 61.5 Å². The van der Waals surface area contributed by atoms with E-state index < -0.39 is 0 Å². The standard InChI is InChI=1S/C32H40N6O/c1-7-11-19-31(29(15-8-2)23-34-33-21-9-3)37-38(10-4)24-27-17-14-18-28(22-27)32(39)36-26(6)35-30-20-13-12-16-25(30)5/h7-8,10-14,16-18,20,22-23H,2,4,9,15,19,21,24H2,1,3,5-6H3,(H,35,36,39)/b11-7-,29-23+,34-33-,37-31+. The van der Waals surface area contributed by atoms with Gasteiger partial charge in [0.2, 0.25) is 0 Å². The molecular weight excluding hydrogens is 484 g/mol. The number of azo groups is 1. The molecule has 1 N–H and O–H groups in total. The molecule has 7 nitrogen and oxygen atoms in total. The molecule has 2 aromatic carbocycles. The van der Waals surface area contributed by atoms with E-state index in [0.717, 1.165) is 34.5 Å². The molecule has 0 atom stereocenters. The van der Waals surface area contributed by atoms with E-state index in [9.17, 15) is 4.79 Å². The van der Waals surface area contributed by atoms with Gasteiger partial charge in [0.15, 0.2) is 0 Å². The molecule has 0 saturated carbocycles. The lowest BCUT2D eigenvalue weighted by Gasteiger charge is -2.18. The fraction of sp³-hybridized carbons (Fsp3) is 0.281. The Morgan fingerprint density at radius 2 is 1.90 bits per heavy atom. The molecule has 0 fully saturated rings. The average Bonchev–Trinajstić information content (AvgIpc) is 2.93. The monoisotopic (exact) mass is 524 g/mol. The third-order valence-corrected chi connectivity index (χ3v) is 5.59. The van der Waals surface area contributed by atoms with Crippen LogP contribution < -0.4 is 5.32 Å². The van der Waals surface area contributed by atoms with Gasteiger partial charge in [-0.1, -0.05) is 62.1 Å².